The molecule has 3 N–H and O–H groups in total. The molecule has 0 fully saturated rings. The van der Waals surface area contributed by atoms with E-state index in [1.807, 2.05) is 25.1 Å². The highest BCUT2D eigenvalue weighted by molar-refractivity contribution is 5.84. The first kappa shape index (κ1) is 16.2. The summed E-state index contributed by atoms with van der Waals surface area (Å²) in [4.78, 5) is 17.7. The van der Waals surface area contributed by atoms with E-state index in [9.17, 15) is 15.2 Å². The second-order valence-corrected chi connectivity index (χ2v) is 5.32. The van der Waals surface area contributed by atoms with Crippen LogP contribution in [0.3, 0.4) is 0 Å². The molecule has 128 valence electrons. The normalized spacial score (nSPS) is 11.1. The lowest BCUT2D eigenvalue weighted by molar-refractivity contribution is -0.386. The Balaban J connectivity index is 1.83. The fourth-order valence-electron chi connectivity index (χ4n) is 2.33. The van der Waals surface area contributed by atoms with Gasteiger partial charge in [-0.3, -0.25) is 10.1 Å². The van der Waals surface area contributed by atoms with Crippen molar-refractivity contribution in [2.24, 2.45) is 5.10 Å². The summed E-state index contributed by atoms with van der Waals surface area (Å²) in [5, 5.41) is 24.7. The van der Waals surface area contributed by atoms with E-state index in [1.54, 1.807) is 0 Å². The van der Waals surface area contributed by atoms with E-state index in [0.29, 0.717) is 11.5 Å². The molecule has 2 aromatic carbocycles. The SMILES string of the molecule is COc1cc(/C=N\Nc2nc3ccc(C)cc3[nH]2)cc([N+](=O)[O-])c1O. The lowest BCUT2D eigenvalue weighted by Crippen LogP contribution is -1.96. The molecule has 3 aromatic rings. The number of nitrogens with zero attached hydrogens (tertiary/aromatic N) is 3. The first-order chi connectivity index (χ1) is 12.0. The predicted octanol–water partition coefficient (Wildman–Crippen LogP) is 2.94. The molecule has 0 spiro atoms. The highest BCUT2D eigenvalue weighted by atomic mass is 16.6. The van der Waals surface area contributed by atoms with Gasteiger partial charge in [0.05, 0.1) is 29.3 Å². The Morgan fingerprint density at radius 2 is 2.20 bits per heavy atom. The second kappa shape index (κ2) is 6.48. The number of aromatic nitrogens is 2. The van der Waals surface area contributed by atoms with E-state index in [0.717, 1.165) is 16.6 Å². The number of aromatic amines is 1. The Hall–Kier alpha value is -3.62. The number of hydrogen-bond donors (Lipinski definition) is 3. The van der Waals surface area contributed by atoms with Gasteiger partial charge in [-0.25, -0.2) is 10.4 Å². The van der Waals surface area contributed by atoms with Crippen LogP contribution in [0, 0.1) is 17.0 Å². The molecule has 9 nitrogen and oxygen atoms in total. The summed E-state index contributed by atoms with van der Waals surface area (Å²) < 4.78 is 4.94. The van der Waals surface area contributed by atoms with Crippen molar-refractivity contribution in [3.63, 3.8) is 0 Å². The number of hydrazone groups is 1. The molecule has 0 saturated heterocycles. The Morgan fingerprint density at radius 3 is 2.92 bits per heavy atom. The van der Waals surface area contributed by atoms with Crippen molar-refractivity contribution in [3.05, 3.63) is 51.6 Å². The van der Waals surface area contributed by atoms with Crippen molar-refractivity contribution >= 4 is 28.9 Å². The molecule has 0 atom stereocenters. The maximum atomic E-state index is 11.0. The van der Waals surface area contributed by atoms with E-state index in [2.05, 4.69) is 20.5 Å². The van der Waals surface area contributed by atoms with Gasteiger partial charge in [0.25, 0.3) is 0 Å². The molecule has 0 aliphatic carbocycles. The largest absolute Gasteiger partial charge is 0.500 e. The zero-order chi connectivity index (χ0) is 18.0. The predicted molar refractivity (Wildman–Crippen MR) is 93.4 cm³/mol. The number of fused-ring (bicyclic) bond motifs is 1. The lowest BCUT2D eigenvalue weighted by Gasteiger charge is -2.04. The number of nitro groups is 1. The number of imidazole rings is 1. The first-order valence-corrected chi connectivity index (χ1v) is 7.29. The molecule has 25 heavy (non-hydrogen) atoms. The summed E-state index contributed by atoms with van der Waals surface area (Å²) in [7, 11) is 1.31. The van der Waals surface area contributed by atoms with Crippen LogP contribution in [0.2, 0.25) is 0 Å². The quantitative estimate of drug-likeness (QED) is 0.372. The van der Waals surface area contributed by atoms with Gasteiger partial charge in [0.2, 0.25) is 11.7 Å². The Kier molecular flexibility index (Phi) is 4.21. The van der Waals surface area contributed by atoms with Crippen molar-refractivity contribution in [1.29, 1.82) is 0 Å². The van der Waals surface area contributed by atoms with Gasteiger partial charge in [-0.15, -0.1) is 0 Å². The summed E-state index contributed by atoms with van der Waals surface area (Å²) in [6, 6.07) is 8.45. The molecule has 0 unspecified atom stereocenters. The van der Waals surface area contributed by atoms with Crippen LogP contribution in [0.4, 0.5) is 11.6 Å². The van der Waals surface area contributed by atoms with Gasteiger partial charge in [0.15, 0.2) is 5.75 Å². The smallest absolute Gasteiger partial charge is 0.315 e. The van der Waals surface area contributed by atoms with Crippen LogP contribution < -0.4 is 10.2 Å². The molecule has 0 aliphatic heterocycles. The number of aromatic hydroxyl groups is 1. The summed E-state index contributed by atoms with van der Waals surface area (Å²) >= 11 is 0. The number of phenolic OH excluding ortho intramolecular Hbond substituents is 1. The summed E-state index contributed by atoms with van der Waals surface area (Å²) in [6.45, 7) is 1.98. The van der Waals surface area contributed by atoms with E-state index >= 15 is 0 Å². The van der Waals surface area contributed by atoms with Gasteiger partial charge >= 0.3 is 5.69 Å². The van der Waals surface area contributed by atoms with Crippen LogP contribution >= 0.6 is 0 Å². The Bertz CT molecular complexity index is 980. The van der Waals surface area contributed by atoms with Crippen LogP contribution in [0.1, 0.15) is 11.1 Å². The minimum Gasteiger partial charge on any atom is -0.500 e. The minimum atomic E-state index is -0.690. The number of rotatable bonds is 5. The average molecular weight is 341 g/mol. The van der Waals surface area contributed by atoms with Crippen LogP contribution in [-0.4, -0.2) is 33.3 Å². The monoisotopic (exact) mass is 341 g/mol. The summed E-state index contributed by atoms with van der Waals surface area (Å²) in [5.74, 6) is -0.0859. The fraction of sp³-hybridized carbons (Fsp3) is 0.125. The average Bonchev–Trinajstić information content (AvgIpc) is 2.97. The first-order valence-electron chi connectivity index (χ1n) is 7.29. The standard InChI is InChI=1S/C16H15N5O4/c1-9-3-4-11-12(5-9)19-16(18-11)20-17-8-10-6-13(21(23)24)15(22)14(7-10)25-2/h3-8,22H,1-2H3,(H2,18,19,20)/b17-8-. The number of nitro benzene ring substituents is 1. The lowest BCUT2D eigenvalue weighted by atomic mass is 10.2. The third-order valence-corrected chi connectivity index (χ3v) is 3.52. The second-order valence-electron chi connectivity index (χ2n) is 5.32. The molecule has 0 aliphatic rings. The molecule has 0 radical (unpaired) electrons. The zero-order valence-electron chi connectivity index (χ0n) is 13.5. The van der Waals surface area contributed by atoms with E-state index in [-0.39, 0.29) is 5.75 Å². The van der Waals surface area contributed by atoms with Gasteiger partial charge in [-0.2, -0.15) is 5.10 Å². The minimum absolute atomic E-state index is 0.00476. The van der Waals surface area contributed by atoms with E-state index in [1.165, 1.54) is 25.5 Å². The van der Waals surface area contributed by atoms with Crippen LogP contribution in [0.5, 0.6) is 11.5 Å². The summed E-state index contributed by atoms with van der Waals surface area (Å²) in [5.41, 5.74) is 5.44. The third-order valence-electron chi connectivity index (χ3n) is 3.52. The Morgan fingerprint density at radius 1 is 1.40 bits per heavy atom. The molecule has 9 heteroatoms. The number of methoxy groups -OCH3 is 1. The molecular formula is C16H15N5O4. The molecule has 0 bridgehead atoms. The molecule has 1 aromatic heterocycles. The molecule has 0 saturated carbocycles. The van der Waals surface area contributed by atoms with Gasteiger partial charge < -0.3 is 14.8 Å². The van der Waals surface area contributed by atoms with Gasteiger partial charge in [0.1, 0.15) is 0 Å². The maximum absolute atomic E-state index is 11.0. The third kappa shape index (κ3) is 3.34. The van der Waals surface area contributed by atoms with Crippen LogP contribution in [0.15, 0.2) is 35.4 Å². The van der Waals surface area contributed by atoms with Crippen molar-refractivity contribution < 1.29 is 14.8 Å². The number of H-pyrrole nitrogens is 1. The number of anilines is 1. The summed E-state index contributed by atoms with van der Waals surface area (Å²) in [6.07, 6.45) is 1.37. The maximum Gasteiger partial charge on any atom is 0.315 e. The topological polar surface area (TPSA) is 126 Å². The van der Waals surface area contributed by atoms with Crippen LogP contribution in [-0.2, 0) is 0 Å². The van der Waals surface area contributed by atoms with Gasteiger partial charge in [-0.1, -0.05) is 6.07 Å². The van der Waals surface area contributed by atoms with Crippen molar-refractivity contribution in [2.75, 3.05) is 12.5 Å². The molecular weight excluding hydrogens is 326 g/mol. The molecule has 0 amide bonds. The highest BCUT2D eigenvalue weighted by Crippen LogP contribution is 2.36. The highest BCUT2D eigenvalue weighted by Gasteiger charge is 2.19. The van der Waals surface area contributed by atoms with Gasteiger partial charge in [0, 0.05) is 11.6 Å². The Labute approximate surface area is 142 Å². The van der Waals surface area contributed by atoms with Gasteiger partial charge in [-0.05, 0) is 30.7 Å². The van der Waals surface area contributed by atoms with Crippen molar-refractivity contribution in [2.45, 2.75) is 6.92 Å². The van der Waals surface area contributed by atoms with Crippen molar-refractivity contribution in [1.82, 2.24) is 9.97 Å². The number of phenols is 1. The van der Waals surface area contributed by atoms with E-state index in [4.69, 9.17) is 4.74 Å². The van der Waals surface area contributed by atoms with Crippen LogP contribution in [0.25, 0.3) is 11.0 Å². The van der Waals surface area contributed by atoms with E-state index < -0.39 is 16.4 Å². The fourth-order valence-corrected chi connectivity index (χ4v) is 2.33. The molecule has 3 rings (SSSR count). The zero-order valence-corrected chi connectivity index (χ0v) is 13.5. The number of benzene rings is 2. The molecule has 1 heterocycles. The number of aryl methyl sites for hydroxylation is 1. The number of hydrogen-bond acceptors (Lipinski definition) is 7. The number of ether oxygens (including phenoxy) is 1. The van der Waals surface area contributed by atoms with Crippen molar-refractivity contribution in [3.8, 4) is 11.5 Å². The number of nitrogens with one attached hydrogen (secondary N) is 2.